The first-order valence-corrected chi connectivity index (χ1v) is 6.54. The van der Waals surface area contributed by atoms with Crippen LogP contribution >= 0.6 is 0 Å². The van der Waals surface area contributed by atoms with E-state index in [0.717, 1.165) is 3.93 Å². The second-order valence-electron chi connectivity index (χ2n) is 3.93. The van der Waals surface area contributed by atoms with Gasteiger partial charge in [0.2, 0.25) is 0 Å². The molecule has 0 aromatic rings. The minimum atomic E-state index is 0.152. The second kappa shape index (κ2) is 3.64. The Morgan fingerprint density at radius 2 is 2.08 bits per heavy atom. The molecule has 2 heterocycles. The SMILES string of the molecule is C=CC(=O)N1C2CC[CH]([Sn])C1CC2. The van der Waals surface area contributed by atoms with Crippen molar-refractivity contribution in [2.45, 2.75) is 41.7 Å². The summed E-state index contributed by atoms with van der Waals surface area (Å²) in [6, 6.07) is 1.08. The van der Waals surface area contributed by atoms with Crippen LogP contribution in [0, 0.1) is 0 Å². The van der Waals surface area contributed by atoms with Gasteiger partial charge in [0.25, 0.3) is 0 Å². The fourth-order valence-corrected chi connectivity index (χ4v) is 4.01. The van der Waals surface area contributed by atoms with Crippen LogP contribution in [-0.4, -0.2) is 45.4 Å². The van der Waals surface area contributed by atoms with E-state index in [1.165, 1.54) is 31.8 Å². The molecule has 2 fully saturated rings. The maximum absolute atomic E-state index is 11.6. The van der Waals surface area contributed by atoms with Gasteiger partial charge in [0, 0.05) is 0 Å². The number of carbonyl (C=O) groups is 1. The molecule has 69 valence electrons. The van der Waals surface area contributed by atoms with Crippen molar-refractivity contribution in [1.29, 1.82) is 0 Å². The average Bonchev–Trinajstić information content (AvgIpc) is 2.48. The van der Waals surface area contributed by atoms with Crippen molar-refractivity contribution in [3.05, 3.63) is 12.7 Å². The molecule has 3 radical (unpaired) electrons. The summed E-state index contributed by atoms with van der Waals surface area (Å²) in [6.45, 7) is 3.57. The number of amides is 1. The summed E-state index contributed by atoms with van der Waals surface area (Å²) in [4.78, 5) is 13.7. The Morgan fingerprint density at radius 3 is 2.77 bits per heavy atom. The summed E-state index contributed by atoms with van der Waals surface area (Å²) in [5.74, 6) is 0.152. The van der Waals surface area contributed by atoms with Crippen LogP contribution in [0.5, 0.6) is 0 Å². The van der Waals surface area contributed by atoms with Gasteiger partial charge in [0.1, 0.15) is 0 Å². The molecule has 2 bridgehead atoms. The number of nitrogens with zero attached hydrogens (tertiary/aromatic N) is 1. The average molecular weight is 283 g/mol. The van der Waals surface area contributed by atoms with Crippen molar-refractivity contribution in [2.75, 3.05) is 0 Å². The van der Waals surface area contributed by atoms with Crippen molar-refractivity contribution in [3.63, 3.8) is 0 Å². The van der Waals surface area contributed by atoms with Crippen LogP contribution < -0.4 is 0 Å². The van der Waals surface area contributed by atoms with E-state index in [-0.39, 0.29) is 5.91 Å². The van der Waals surface area contributed by atoms with Gasteiger partial charge in [-0.1, -0.05) is 0 Å². The zero-order chi connectivity index (χ0) is 9.42. The molecule has 3 atom stereocenters. The molecule has 0 aliphatic carbocycles. The molecule has 0 saturated carbocycles. The Bertz CT molecular complexity index is 241. The Morgan fingerprint density at radius 1 is 1.38 bits per heavy atom. The number of hydrogen-bond donors (Lipinski definition) is 0. The van der Waals surface area contributed by atoms with E-state index in [0.29, 0.717) is 12.1 Å². The Hall–Kier alpha value is 0.00870. The third-order valence-corrected chi connectivity index (χ3v) is 5.17. The monoisotopic (exact) mass is 284 g/mol. The molecule has 2 aliphatic rings. The zero-order valence-electron chi connectivity index (χ0n) is 7.70. The molecule has 2 nitrogen and oxygen atoms in total. The van der Waals surface area contributed by atoms with E-state index in [4.69, 9.17) is 0 Å². The minimum absolute atomic E-state index is 0.152. The molecule has 1 amide bonds. The number of rotatable bonds is 1. The molecular formula is C10H14NOSn. The van der Waals surface area contributed by atoms with Crippen LogP contribution in [0.25, 0.3) is 0 Å². The third-order valence-electron chi connectivity index (χ3n) is 3.25. The van der Waals surface area contributed by atoms with Crippen molar-refractivity contribution in [2.24, 2.45) is 0 Å². The van der Waals surface area contributed by atoms with Crippen LogP contribution in [0.2, 0.25) is 3.93 Å². The van der Waals surface area contributed by atoms with E-state index < -0.39 is 0 Å². The van der Waals surface area contributed by atoms with E-state index in [1.807, 2.05) is 0 Å². The van der Waals surface area contributed by atoms with E-state index in [1.54, 1.807) is 22.5 Å². The molecule has 2 rings (SSSR count). The Balaban J connectivity index is 2.19. The first-order valence-electron chi connectivity index (χ1n) is 4.90. The van der Waals surface area contributed by atoms with Gasteiger partial charge >= 0.3 is 92.5 Å². The van der Waals surface area contributed by atoms with Gasteiger partial charge in [-0.3, -0.25) is 0 Å². The van der Waals surface area contributed by atoms with Gasteiger partial charge in [-0.15, -0.1) is 0 Å². The topological polar surface area (TPSA) is 20.3 Å². The van der Waals surface area contributed by atoms with Crippen LogP contribution in [-0.2, 0) is 4.79 Å². The molecule has 0 N–H and O–H groups in total. The fourth-order valence-electron chi connectivity index (χ4n) is 2.60. The molecule has 0 aromatic carbocycles. The molecular weight excluding hydrogens is 269 g/mol. The van der Waals surface area contributed by atoms with Crippen LogP contribution in [0.4, 0.5) is 0 Å². The first-order chi connectivity index (χ1) is 6.24. The van der Waals surface area contributed by atoms with Crippen molar-refractivity contribution >= 4 is 28.4 Å². The summed E-state index contributed by atoms with van der Waals surface area (Å²) in [6.07, 6.45) is 6.45. The normalized spacial score (nSPS) is 37.6. The fraction of sp³-hybridized carbons (Fsp3) is 0.700. The van der Waals surface area contributed by atoms with E-state index >= 15 is 0 Å². The molecule has 0 aromatic heterocycles. The predicted octanol–water partition coefficient (Wildman–Crippen LogP) is 1.28. The van der Waals surface area contributed by atoms with Gasteiger partial charge in [-0.25, -0.2) is 0 Å². The van der Waals surface area contributed by atoms with Crippen molar-refractivity contribution in [1.82, 2.24) is 4.90 Å². The Labute approximate surface area is 92.5 Å². The van der Waals surface area contributed by atoms with Gasteiger partial charge in [-0.05, 0) is 0 Å². The summed E-state index contributed by atoms with van der Waals surface area (Å²) in [5, 5.41) is 0. The summed E-state index contributed by atoms with van der Waals surface area (Å²) in [5.41, 5.74) is 0. The molecule has 0 spiro atoms. The second-order valence-corrected chi connectivity index (χ2v) is 6.05. The van der Waals surface area contributed by atoms with Crippen molar-refractivity contribution in [3.8, 4) is 0 Å². The summed E-state index contributed by atoms with van der Waals surface area (Å²) in [7, 11) is 0. The number of fused-ring (bicyclic) bond motifs is 2. The van der Waals surface area contributed by atoms with Crippen LogP contribution in [0.3, 0.4) is 0 Å². The quantitative estimate of drug-likeness (QED) is 0.524. The molecule has 13 heavy (non-hydrogen) atoms. The van der Waals surface area contributed by atoms with Crippen LogP contribution in [0.15, 0.2) is 12.7 Å². The van der Waals surface area contributed by atoms with Gasteiger partial charge in [0.05, 0.1) is 0 Å². The van der Waals surface area contributed by atoms with Gasteiger partial charge in [-0.2, -0.15) is 0 Å². The number of carbonyl (C=O) groups excluding carboxylic acids is 1. The van der Waals surface area contributed by atoms with E-state index in [9.17, 15) is 4.79 Å². The van der Waals surface area contributed by atoms with Crippen molar-refractivity contribution < 1.29 is 4.79 Å². The number of piperidine rings is 1. The van der Waals surface area contributed by atoms with E-state index in [2.05, 4.69) is 11.5 Å². The van der Waals surface area contributed by atoms with Crippen LogP contribution in [0.1, 0.15) is 25.7 Å². The molecule has 3 heteroatoms. The third kappa shape index (κ3) is 1.53. The first kappa shape index (κ1) is 9.56. The maximum atomic E-state index is 11.6. The number of hydrogen-bond acceptors (Lipinski definition) is 1. The molecule has 3 unspecified atom stereocenters. The molecule has 2 aliphatic heterocycles. The summed E-state index contributed by atoms with van der Waals surface area (Å²) < 4.78 is 0.773. The Kier molecular flexibility index (Phi) is 2.67. The standard InChI is InChI=1S/C10H14NO.Sn/c1-2-10(12)11-8-4-3-5-9(11)7-6-8;/h2,4,8-9H,1,3,5-7H2;. The van der Waals surface area contributed by atoms with Gasteiger partial charge < -0.3 is 0 Å². The van der Waals surface area contributed by atoms with Gasteiger partial charge in [0.15, 0.2) is 0 Å². The molecule has 2 saturated heterocycles. The predicted molar refractivity (Wildman–Crippen MR) is 52.6 cm³/mol. The summed E-state index contributed by atoms with van der Waals surface area (Å²) >= 11 is 1.59. The zero-order valence-corrected chi connectivity index (χ0v) is 10.6.